The Labute approximate surface area is 114 Å². The fraction of sp³-hybridized carbons (Fsp3) is 0.286. The molecule has 0 unspecified atom stereocenters. The van der Waals surface area contributed by atoms with Gasteiger partial charge in [0.15, 0.2) is 0 Å². The zero-order valence-corrected chi connectivity index (χ0v) is 11.0. The molecule has 0 saturated heterocycles. The second-order valence-corrected chi connectivity index (χ2v) is 4.47. The van der Waals surface area contributed by atoms with Gasteiger partial charge in [-0.1, -0.05) is 25.5 Å². The van der Waals surface area contributed by atoms with Gasteiger partial charge in [0.25, 0.3) is 5.56 Å². The van der Waals surface area contributed by atoms with Gasteiger partial charge in [0.05, 0.1) is 0 Å². The fourth-order valence-corrected chi connectivity index (χ4v) is 1.99. The molecule has 0 atom stereocenters. The van der Waals surface area contributed by atoms with Gasteiger partial charge >= 0.3 is 5.69 Å². The molecule has 1 aromatic carbocycles. The number of unbranched alkanes of at least 4 members (excludes halogenated alkanes) is 1. The van der Waals surface area contributed by atoms with E-state index in [1.165, 1.54) is 18.2 Å². The number of hydrogen-bond donors (Lipinski definition) is 2. The molecule has 2 rings (SSSR count). The van der Waals surface area contributed by atoms with E-state index in [4.69, 9.17) is 0 Å². The topological polar surface area (TPSA) is 75.1 Å². The van der Waals surface area contributed by atoms with Crippen molar-refractivity contribution in [2.24, 2.45) is 0 Å². The Balaban J connectivity index is 2.64. The van der Waals surface area contributed by atoms with Crippen molar-refractivity contribution in [2.75, 3.05) is 0 Å². The molecule has 6 heteroatoms. The minimum absolute atomic E-state index is 0.0970. The molecule has 0 saturated carbocycles. The summed E-state index contributed by atoms with van der Waals surface area (Å²) in [6, 6.07) is 5.31. The third-order valence-corrected chi connectivity index (χ3v) is 3.02. The predicted molar refractivity (Wildman–Crippen MR) is 73.3 cm³/mol. The third kappa shape index (κ3) is 2.64. The second kappa shape index (κ2) is 5.73. The highest BCUT2D eigenvalue weighted by Crippen LogP contribution is 2.24. The Hall–Kier alpha value is -2.37. The van der Waals surface area contributed by atoms with Crippen molar-refractivity contribution < 1.29 is 9.50 Å². The van der Waals surface area contributed by atoms with Gasteiger partial charge < -0.3 is 5.11 Å². The van der Waals surface area contributed by atoms with E-state index in [0.717, 1.165) is 17.1 Å². The Bertz CT molecular complexity index is 734. The first-order chi connectivity index (χ1) is 9.54. The number of halogens is 1. The van der Waals surface area contributed by atoms with E-state index in [1.807, 2.05) is 6.92 Å². The highest BCUT2D eigenvalue weighted by Gasteiger charge is 2.15. The summed E-state index contributed by atoms with van der Waals surface area (Å²) in [4.78, 5) is 25.7. The molecule has 2 aromatic rings. The second-order valence-electron chi connectivity index (χ2n) is 4.47. The van der Waals surface area contributed by atoms with Crippen LogP contribution in [0.15, 0.2) is 33.9 Å². The van der Waals surface area contributed by atoms with Gasteiger partial charge in [-0.3, -0.25) is 14.3 Å². The summed E-state index contributed by atoms with van der Waals surface area (Å²) in [6.45, 7) is 2.24. The third-order valence-electron chi connectivity index (χ3n) is 3.02. The van der Waals surface area contributed by atoms with E-state index in [0.29, 0.717) is 13.0 Å². The van der Waals surface area contributed by atoms with Crippen LogP contribution < -0.4 is 11.2 Å². The van der Waals surface area contributed by atoms with Crippen LogP contribution in [0.3, 0.4) is 0 Å². The van der Waals surface area contributed by atoms with Crippen molar-refractivity contribution in [1.82, 2.24) is 9.55 Å². The molecule has 0 amide bonds. The van der Waals surface area contributed by atoms with Crippen LogP contribution in [-0.4, -0.2) is 14.7 Å². The quantitative estimate of drug-likeness (QED) is 0.896. The van der Waals surface area contributed by atoms with Gasteiger partial charge in [0.2, 0.25) is 5.88 Å². The average molecular weight is 278 g/mol. The standard InChI is InChI=1S/C14H15FN2O3/c1-2-3-7-17-13(19)11(12(18)16-14(17)20)9-5-4-6-10(15)8-9/h4-6,8,19H,2-3,7H2,1H3,(H,16,18,20). The molecule has 0 aliphatic carbocycles. The highest BCUT2D eigenvalue weighted by molar-refractivity contribution is 5.67. The maximum absolute atomic E-state index is 13.2. The van der Waals surface area contributed by atoms with Gasteiger partial charge in [-0.05, 0) is 24.1 Å². The number of nitrogens with zero attached hydrogens (tertiary/aromatic N) is 1. The van der Waals surface area contributed by atoms with Crippen molar-refractivity contribution in [2.45, 2.75) is 26.3 Å². The summed E-state index contributed by atoms with van der Waals surface area (Å²) in [5, 5.41) is 10.1. The Morgan fingerprint density at radius 1 is 1.35 bits per heavy atom. The number of benzene rings is 1. The number of aromatic hydroxyl groups is 1. The maximum Gasteiger partial charge on any atom is 0.331 e. The minimum Gasteiger partial charge on any atom is -0.494 e. The van der Waals surface area contributed by atoms with Crippen LogP contribution >= 0.6 is 0 Å². The molecule has 0 spiro atoms. The normalized spacial score (nSPS) is 10.7. The number of aromatic amines is 1. The maximum atomic E-state index is 13.2. The molecule has 20 heavy (non-hydrogen) atoms. The summed E-state index contributed by atoms with van der Waals surface area (Å²) >= 11 is 0. The fourth-order valence-electron chi connectivity index (χ4n) is 1.99. The van der Waals surface area contributed by atoms with Crippen molar-refractivity contribution in [3.05, 3.63) is 50.9 Å². The zero-order valence-electron chi connectivity index (χ0n) is 11.0. The predicted octanol–water partition coefficient (Wildman–Crippen LogP) is 1.85. The van der Waals surface area contributed by atoms with Crippen LogP contribution in [0.25, 0.3) is 11.1 Å². The van der Waals surface area contributed by atoms with E-state index in [1.54, 1.807) is 0 Å². The lowest BCUT2D eigenvalue weighted by molar-refractivity contribution is 0.398. The Morgan fingerprint density at radius 3 is 2.75 bits per heavy atom. The molecule has 1 heterocycles. The summed E-state index contributed by atoms with van der Waals surface area (Å²) in [5.74, 6) is -0.953. The van der Waals surface area contributed by atoms with Crippen LogP contribution in [0.1, 0.15) is 19.8 Å². The first kappa shape index (κ1) is 14.0. The zero-order chi connectivity index (χ0) is 14.7. The van der Waals surface area contributed by atoms with Gasteiger partial charge in [-0.2, -0.15) is 0 Å². The van der Waals surface area contributed by atoms with Crippen LogP contribution in [-0.2, 0) is 6.54 Å². The lowest BCUT2D eigenvalue weighted by Crippen LogP contribution is -2.31. The molecule has 1 aromatic heterocycles. The number of aromatic nitrogens is 2. The van der Waals surface area contributed by atoms with Crippen LogP contribution in [0.2, 0.25) is 0 Å². The molecule has 0 fully saturated rings. The lowest BCUT2D eigenvalue weighted by atomic mass is 10.1. The molecule has 0 aliphatic rings. The molecule has 0 bridgehead atoms. The number of nitrogens with one attached hydrogen (secondary N) is 1. The van der Waals surface area contributed by atoms with Gasteiger partial charge in [-0.25, -0.2) is 9.18 Å². The lowest BCUT2D eigenvalue weighted by Gasteiger charge is -2.11. The monoisotopic (exact) mass is 278 g/mol. The van der Waals surface area contributed by atoms with Crippen LogP contribution in [0.4, 0.5) is 4.39 Å². The minimum atomic E-state index is -0.731. The highest BCUT2D eigenvalue weighted by atomic mass is 19.1. The van der Waals surface area contributed by atoms with Crippen molar-refractivity contribution >= 4 is 0 Å². The van der Waals surface area contributed by atoms with E-state index < -0.39 is 22.9 Å². The van der Waals surface area contributed by atoms with Crippen LogP contribution in [0.5, 0.6) is 5.88 Å². The van der Waals surface area contributed by atoms with Gasteiger partial charge in [0.1, 0.15) is 11.4 Å². The molecule has 0 aliphatic heterocycles. The van der Waals surface area contributed by atoms with Crippen molar-refractivity contribution in [1.29, 1.82) is 0 Å². The molecule has 5 nitrogen and oxygen atoms in total. The average Bonchev–Trinajstić information content (AvgIpc) is 2.38. The summed E-state index contributed by atoms with van der Waals surface area (Å²) < 4.78 is 14.3. The summed E-state index contributed by atoms with van der Waals surface area (Å²) in [7, 11) is 0. The van der Waals surface area contributed by atoms with Gasteiger partial charge in [-0.15, -0.1) is 0 Å². The number of rotatable bonds is 4. The van der Waals surface area contributed by atoms with E-state index in [9.17, 15) is 19.1 Å². The summed E-state index contributed by atoms with van der Waals surface area (Å²) in [5.41, 5.74) is -1.26. The van der Waals surface area contributed by atoms with E-state index in [-0.39, 0.29) is 11.1 Å². The van der Waals surface area contributed by atoms with Gasteiger partial charge in [0, 0.05) is 6.54 Å². The van der Waals surface area contributed by atoms with Crippen molar-refractivity contribution in [3.63, 3.8) is 0 Å². The first-order valence-electron chi connectivity index (χ1n) is 6.36. The SMILES string of the molecule is CCCCn1c(O)c(-c2cccc(F)c2)c(=O)[nH]c1=O. The van der Waals surface area contributed by atoms with E-state index in [2.05, 4.69) is 4.98 Å². The number of H-pyrrole nitrogens is 1. The summed E-state index contributed by atoms with van der Waals surface area (Å²) in [6.07, 6.45) is 1.52. The Morgan fingerprint density at radius 2 is 2.10 bits per heavy atom. The van der Waals surface area contributed by atoms with Crippen molar-refractivity contribution in [3.8, 4) is 17.0 Å². The largest absolute Gasteiger partial charge is 0.494 e. The molecule has 0 radical (unpaired) electrons. The first-order valence-corrected chi connectivity index (χ1v) is 6.36. The Kier molecular flexibility index (Phi) is 4.02. The molecular weight excluding hydrogens is 263 g/mol. The van der Waals surface area contributed by atoms with E-state index >= 15 is 0 Å². The number of hydrogen-bond acceptors (Lipinski definition) is 3. The molecule has 2 N–H and O–H groups in total. The smallest absolute Gasteiger partial charge is 0.331 e. The van der Waals surface area contributed by atoms with Crippen LogP contribution in [0, 0.1) is 5.82 Å². The molecular formula is C14H15FN2O3. The molecule has 106 valence electrons.